The van der Waals surface area contributed by atoms with Crippen molar-refractivity contribution < 1.29 is 18.3 Å². The van der Waals surface area contributed by atoms with E-state index in [9.17, 15) is 13.6 Å². The molecule has 110 valence electrons. The first-order chi connectivity index (χ1) is 9.49. The SMILES string of the molecule is N[C@@H]1CCCC(F)(F)[C@H]1NC(=O)OCc1ccccc1. The van der Waals surface area contributed by atoms with Crippen molar-refractivity contribution in [1.29, 1.82) is 0 Å². The number of hydrogen-bond acceptors (Lipinski definition) is 3. The number of amides is 1. The number of nitrogens with one attached hydrogen (secondary N) is 1. The van der Waals surface area contributed by atoms with Crippen LogP contribution in [0.15, 0.2) is 30.3 Å². The molecule has 0 unspecified atom stereocenters. The minimum atomic E-state index is -2.98. The van der Waals surface area contributed by atoms with Crippen molar-refractivity contribution in [3.63, 3.8) is 0 Å². The Kier molecular flexibility index (Phi) is 4.54. The lowest BCUT2D eigenvalue weighted by atomic mass is 9.87. The van der Waals surface area contributed by atoms with Gasteiger partial charge in [-0.2, -0.15) is 0 Å². The van der Waals surface area contributed by atoms with Crippen molar-refractivity contribution in [3.05, 3.63) is 35.9 Å². The Hall–Kier alpha value is -1.69. The highest BCUT2D eigenvalue weighted by molar-refractivity contribution is 5.68. The standard InChI is InChI=1S/C14H18F2N2O2/c15-14(16)8-4-7-11(17)12(14)18-13(19)20-9-10-5-2-1-3-6-10/h1-3,5-6,11-12H,4,7-9,17H2,(H,18,19)/t11-,12+/m1/s1. The number of ether oxygens (including phenoxy) is 1. The summed E-state index contributed by atoms with van der Waals surface area (Å²) < 4.78 is 32.3. The Labute approximate surface area is 116 Å². The summed E-state index contributed by atoms with van der Waals surface area (Å²) in [6.07, 6.45) is -0.287. The molecule has 0 saturated heterocycles. The van der Waals surface area contributed by atoms with Crippen LogP contribution in [-0.2, 0) is 11.3 Å². The number of hydrogen-bond donors (Lipinski definition) is 2. The van der Waals surface area contributed by atoms with E-state index in [-0.39, 0.29) is 13.0 Å². The predicted molar refractivity (Wildman–Crippen MR) is 70.3 cm³/mol. The van der Waals surface area contributed by atoms with Gasteiger partial charge in [0.25, 0.3) is 5.92 Å². The van der Waals surface area contributed by atoms with Gasteiger partial charge in [0.05, 0.1) is 0 Å². The molecule has 0 heterocycles. The van der Waals surface area contributed by atoms with Crippen LogP contribution in [0, 0.1) is 0 Å². The maximum Gasteiger partial charge on any atom is 0.407 e. The van der Waals surface area contributed by atoms with Gasteiger partial charge in [0.2, 0.25) is 0 Å². The predicted octanol–water partition coefficient (Wildman–Crippen LogP) is 2.43. The molecule has 0 radical (unpaired) electrons. The highest BCUT2D eigenvalue weighted by Gasteiger charge is 2.46. The van der Waals surface area contributed by atoms with Crippen LogP contribution >= 0.6 is 0 Å². The van der Waals surface area contributed by atoms with Crippen molar-refractivity contribution in [3.8, 4) is 0 Å². The van der Waals surface area contributed by atoms with Crippen molar-refractivity contribution in [1.82, 2.24) is 5.32 Å². The molecule has 0 spiro atoms. The molecule has 6 heteroatoms. The number of halogens is 2. The van der Waals surface area contributed by atoms with Crippen LogP contribution in [0.3, 0.4) is 0 Å². The summed E-state index contributed by atoms with van der Waals surface area (Å²) in [6.45, 7) is 0.0419. The van der Waals surface area contributed by atoms with E-state index in [1.54, 1.807) is 12.1 Å². The Morgan fingerprint density at radius 2 is 2.10 bits per heavy atom. The second-order valence-corrected chi connectivity index (χ2v) is 5.00. The molecule has 1 aliphatic carbocycles. The molecule has 2 rings (SSSR count). The van der Waals surface area contributed by atoms with Crippen LogP contribution in [0.5, 0.6) is 0 Å². The van der Waals surface area contributed by atoms with Crippen LogP contribution in [-0.4, -0.2) is 24.1 Å². The van der Waals surface area contributed by atoms with Gasteiger partial charge < -0.3 is 15.8 Å². The molecule has 2 atom stereocenters. The third kappa shape index (κ3) is 3.66. The van der Waals surface area contributed by atoms with E-state index >= 15 is 0 Å². The van der Waals surface area contributed by atoms with Crippen molar-refractivity contribution in [2.24, 2.45) is 5.73 Å². The van der Waals surface area contributed by atoms with Gasteiger partial charge in [-0.25, -0.2) is 13.6 Å². The van der Waals surface area contributed by atoms with Gasteiger partial charge in [0, 0.05) is 12.5 Å². The Morgan fingerprint density at radius 1 is 1.40 bits per heavy atom. The summed E-state index contributed by atoms with van der Waals surface area (Å²) in [6, 6.07) is 6.92. The first-order valence-electron chi connectivity index (χ1n) is 6.59. The molecular weight excluding hydrogens is 266 g/mol. The molecule has 1 amide bonds. The first kappa shape index (κ1) is 14.7. The number of benzene rings is 1. The number of alkyl carbamates (subject to hydrolysis) is 1. The molecule has 1 saturated carbocycles. The Balaban J connectivity index is 1.87. The minimum absolute atomic E-state index is 0.0419. The Morgan fingerprint density at radius 3 is 2.75 bits per heavy atom. The van der Waals surface area contributed by atoms with Crippen molar-refractivity contribution in [2.45, 2.75) is 43.9 Å². The Bertz CT molecular complexity index is 454. The molecule has 0 aliphatic heterocycles. The number of alkyl halides is 2. The molecular formula is C14H18F2N2O2. The van der Waals surface area contributed by atoms with Gasteiger partial charge in [-0.1, -0.05) is 30.3 Å². The van der Waals surface area contributed by atoms with E-state index in [1.807, 2.05) is 18.2 Å². The summed E-state index contributed by atoms with van der Waals surface area (Å²) in [4.78, 5) is 11.6. The zero-order valence-electron chi connectivity index (χ0n) is 11.0. The maximum absolute atomic E-state index is 13.7. The summed E-state index contributed by atoms with van der Waals surface area (Å²) in [7, 11) is 0. The van der Waals surface area contributed by atoms with Crippen LogP contribution < -0.4 is 11.1 Å². The zero-order valence-corrected chi connectivity index (χ0v) is 11.0. The molecule has 0 bridgehead atoms. The van der Waals surface area contributed by atoms with Crippen LogP contribution in [0.1, 0.15) is 24.8 Å². The van der Waals surface area contributed by atoms with E-state index in [2.05, 4.69) is 5.32 Å². The minimum Gasteiger partial charge on any atom is -0.445 e. The van der Waals surface area contributed by atoms with Gasteiger partial charge in [-0.15, -0.1) is 0 Å². The molecule has 1 fully saturated rings. The molecule has 4 nitrogen and oxygen atoms in total. The highest BCUT2D eigenvalue weighted by Crippen LogP contribution is 2.32. The molecule has 20 heavy (non-hydrogen) atoms. The normalized spacial score (nSPS) is 24.9. The van der Waals surface area contributed by atoms with Crippen molar-refractivity contribution >= 4 is 6.09 Å². The van der Waals surface area contributed by atoms with Gasteiger partial charge >= 0.3 is 6.09 Å². The third-order valence-corrected chi connectivity index (χ3v) is 3.42. The molecule has 0 aromatic heterocycles. The fourth-order valence-corrected chi connectivity index (χ4v) is 2.31. The molecule has 1 aliphatic rings. The summed E-state index contributed by atoms with van der Waals surface area (Å²) in [5.41, 5.74) is 6.45. The summed E-state index contributed by atoms with van der Waals surface area (Å²) in [5, 5.41) is 2.19. The van der Waals surface area contributed by atoms with Gasteiger partial charge in [-0.3, -0.25) is 0 Å². The van der Waals surface area contributed by atoms with E-state index in [0.717, 1.165) is 5.56 Å². The smallest absolute Gasteiger partial charge is 0.407 e. The lowest BCUT2D eigenvalue weighted by Crippen LogP contribution is -2.59. The summed E-state index contributed by atoms with van der Waals surface area (Å²) >= 11 is 0. The van der Waals surface area contributed by atoms with Crippen LogP contribution in [0.25, 0.3) is 0 Å². The molecule has 3 N–H and O–H groups in total. The molecule has 1 aromatic rings. The zero-order chi connectivity index (χ0) is 14.6. The summed E-state index contributed by atoms with van der Waals surface area (Å²) in [5.74, 6) is -2.98. The average molecular weight is 284 g/mol. The fourth-order valence-electron chi connectivity index (χ4n) is 2.31. The lowest BCUT2D eigenvalue weighted by molar-refractivity contribution is -0.0691. The number of nitrogens with two attached hydrogens (primary N) is 1. The number of rotatable bonds is 3. The topological polar surface area (TPSA) is 64.3 Å². The monoisotopic (exact) mass is 284 g/mol. The van der Waals surface area contributed by atoms with Crippen LogP contribution in [0.4, 0.5) is 13.6 Å². The average Bonchev–Trinajstić information content (AvgIpc) is 2.42. The van der Waals surface area contributed by atoms with E-state index in [1.165, 1.54) is 0 Å². The fraction of sp³-hybridized carbons (Fsp3) is 0.500. The van der Waals surface area contributed by atoms with Gasteiger partial charge in [-0.05, 0) is 18.4 Å². The van der Waals surface area contributed by atoms with E-state index in [4.69, 9.17) is 10.5 Å². The number of carbonyl (C=O) groups excluding carboxylic acids is 1. The first-order valence-corrected chi connectivity index (χ1v) is 6.59. The maximum atomic E-state index is 13.7. The second-order valence-electron chi connectivity index (χ2n) is 5.00. The van der Waals surface area contributed by atoms with E-state index in [0.29, 0.717) is 12.8 Å². The van der Waals surface area contributed by atoms with Gasteiger partial charge in [0.1, 0.15) is 12.6 Å². The quantitative estimate of drug-likeness (QED) is 0.896. The lowest BCUT2D eigenvalue weighted by Gasteiger charge is -2.36. The molecule has 1 aromatic carbocycles. The van der Waals surface area contributed by atoms with Crippen LogP contribution in [0.2, 0.25) is 0 Å². The van der Waals surface area contributed by atoms with Crippen molar-refractivity contribution in [2.75, 3.05) is 0 Å². The van der Waals surface area contributed by atoms with E-state index < -0.39 is 24.1 Å². The highest BCUT2D eigenvalue weighted by atomic mass is 19.3. The second kappa shape index (κ2) is 6.17. The van der Waals surface area contributed by atoms with Gasteiger partial charge in [0.15, 0.2) is 0 Å². The number of carbonyl (C=O) groups is 1. The third-order valence-electron chi connectivity index (χ3n) is 3.42. The largest absolute Gasteiger partial charge is 0.445 e.